The van der Waals surface area contributed by atoms with Crippen LogP contribution in [0.2, 0.25) is 0 Å². The molecule has 0 saturated carbocycles. The van der Waals surface area contributed by atoms with Crippen LogP contribution in [0.15, 0.2) is 48.5 Å². The highest BCUT2D eigenvalue weighted by molar-refractivity contribution is 5.55. The maximum Gasteiger partial charge on any atom is 0.0377 e. The highest BCUT2D eigenvalue weighted by atomic mass is 14.9. The van der Waals surface area contributed by atoms with Crippen LogP contribution in [0, 0.1) is 6.92 Å². The van der Waals surface area contributed by atoms with Gasteiger partial charge in [0, 0.05) is 11.7 Å². The van der Waals surface area contributed by atoms with E-state index < -0.39 is 0 Å². The number of hydrogen-bond acceptors (Lipinski definition) is 1. The summed E-state index contributed by atoms with van der Waals surface area (Å²) in [6.07, 6.45) is 2.36. The summed E-state index contributed by atoms with van der Waals surface area (Å²) in [6.45, 7) is 4.45. The van der Waals surface area contributed by atoms with Gasteiger partial charge < -0.3 is 5.32 Å². The predicted molar refractivity (Wildman–Crippen MR) is 81.8 cm³/mol. The largest absolute Gasteiger partial charge is 0.382 e. The van der Waals surface area contributed by atoms with Gasteiger partial charge in [-0.25, -0.2) is 0 Å². The first-order valence-electron chi connectivity index (χ1n) is 7.13. The van der Waals surface area contributed by atoms with Crippen LogP contribution < -0.4 is 5.32 Å². The zero-order valence-electron chi connectivity index (χ0n) is 11.7. The Morgan fingerprint density at radius 1 is 1.11 bits per heavy atom. The topological polar surface area (TPSA) is 12.0 Å². The average molecular weight is 251 g/mol. The molecule has 98 valence electrons. The SMILES string of the molecule is Cc1cccc(CC2CC(C)Nc3ccccc32)c1. The summed E-state index contributed by atoms with van der Waals surface area (Å²) in [5.41, 5.74) is 5.60. The van der Waals surface area contributed by atoms with E-state index in [0.717, 1.165) is 6.42 Å². The molecule has 19 heavy (non-hydrogen) atoms. The molecule has 0 aromatic heterocycles. The Bertz CT molecular complexity index is 573. The lowest BCUT2D eigenvalue weighted by Crippen LogP contribution is -2.26. The number of para-hydroxylation sites is 1. The van der Waals surface area contributed by atoms with E-state index in [1.54, 1.807) is 0 Å². The summed E-state index contributed by atoms with van der Waals surface area (Å²) < 4.78 is 0. The van der Waals surface area contributed by atoms with Gasteiger partial charge in [0.2, 0.25) is 0 Å². The van der Waals surface area contributed by atoms with Gasteiger partial charge >= 0.3 is 0 Å². The Labute approximate surface area is 115 Å². The van der Waals surface area contributed by atoms with Gasteiger partial charge in [-0.2, -0.15) is 0 Å². The van der Waals surface area contributed by atoms with E-state index in [1.165, 1.54) is 28.8 Å². The standard InChI is InChI=1S/C18H21N/c1-13-6-5-7-15(10-13)12-16-11-14(2)19-18-9-4-3-8-17(16)18/h3-10,14,16,19H,11-12H2,1-2H3. The molecule has 1 nitrogen and oxygen atoms in total. The van der Waals surface area contributed by atoms with E-state index in [4.69, 9.17) is 0 Å². The second kappa shape index (κ2) is 5.08. The summed E-state index contributed by atoms with van der Waals surface area (Å²) in [5.74, 6) is 0.634. The lowest BCUT2D eigenvalue weighted by Gasteiger charge is -2.31. The molecule has 1 aliphatic heterocycles. The molecular formula is C18H21N. The molecule has 0 saturated heterocycles. The zero-order chi connectivity index (χ0) is 13.2. The predicted octanol–water partition coefficient (Wildman–Crippen LogP) is 4.53. The maximum absolute atomic E-state index is 3.59. The van der Waals surface area contributed by atoms with Crippen LogP contribution in [0.4, 0.5) is 5.69 Å². The molecule has 2 aromatic rings. The van der Waals surface area contributed by atoms with E-state index in [1.807, 2.05) is 0 Å². The monoisotopic (exact) mass is 251 g/mol. The third kappa shape index (κ3) is 2.65. The summed E-state index contributed by atoms with van der Waals surface area (Å²) in [5, 5.41) is 3.59. The molecule has 2 unspecified atom stereocenters. The second-order valence-electron chi connectivity index (χ2n) is 5.76. The number of anilines is 1. The molecule has 1 heteroatoms. The van der Waals surface area contributed by atoms with Gasteiger partial charge in [-0.1, -0.05) is 48.0 Å². The van der Waals surface area contributed by atoms with E-state index >= 15 is 0 Å². The van der Waals surface area contributed by atoms with Crippen LogP contribution in [0.1, 0.15) is 36.0 Å². The number of nitrogens with one attached hydrogen (secondary N) is 1. The fourth-order valence-electron chi connectivity index (χ4n) is 3.18. The Balaban J connectivity index is 1.89. The van der Waals surface area contributed by atoms with Crippen LogP contribution in [-0.4, -0.2) is 6.04 Å². The van der Waals surface area contributed by atoms with Crippen molar-refractivity contribution in [1.82, 2.24) is 0 Å². The molecule has 3 rings (SSSR count). The van der Waals surface area contributed by atoms with E-state index in [0.29, 0.717) is 12.0 Å². The molecule has 0 fully saturated rings. The van der Waals surface area contributed by atoms with E-state index in [2.05, 4.69) is 67.7 Å². The third-order valence-corrected chi connectivity index (χ3v) is 4.01. The smallest absolute Gasteiger partial charge is 0.0377 e. The molecule has 0 bridgehead atoms. The molecular weight excluding hydrogens is 230 g/mol. The molecule has 0 amide bonds. The number of fused-ring (bicyclic) bond motifs is 1. The quantitative estimate of drug-likeness (QED) is 0.827. The van der Waals surface area contributed by atoms with Crippen molar-refractivity contribution in [1.29, 1.82) is 0 Å². The molecule has 1 N–H and O–H groups in total. The van der Waals surface area contributed by atoms with Crippen molar-refractivity contribution in [3.63, 3.8) is 0 Å². The fraction of sp³-hybridized carbons (Fsp3) is 0.333. The lowest BCUT2D eigenvalue weighted by molar-refractivity contribution is 0.551. The van der Waals surface area contributed by atoms with E-state index in [9.17, 15) is 0 Å². The minimum Gasteiger partial charge on any atom is -0.382 e. The molecule has 0 radical (unpaired) electrons. The first-order chi connectivity index (χ1) is 9.22. The zero-order valence-corrected chi connectivity index (χ0v) is 11.7. The van der Waals surface area contributed by atoms with Crippen molar-refractivity contribution < 1.29 is 0 Å². The fourth-order valence-corrected chi connectivity index (χ4v) is 3.18. The molecule has 1 heterocycles. The normalized spacial score (nSPS) is 21.6. The minimum absolute atomic E-state index is 0.560. The molecule has 0 spiro atoms. The molecule has 0 aliphatic carbocycles. The molecule has 2 atom stereocenters. The van der Waals surface area contributed by atoms with Gasteiger partial charge in [0.05, 0.1) is 0 Å². The van der Waals surface area contributed by atoms with Gasteiger partial charge in [-0.3, -0.25) is 0 Å². The maximum atomic E-state index is 3.59. The van der Waals surface area contributed by atoms with Crippen molar-refractivity contribution in [3.05, 3.63) is 65.2 Å². The van der Waals surface area contributed by atoms with Crippen molar-refractivity contribution in [2.75, 3.05) is 5.32 Å². The minimum atomic E-state index is 0.560. The highest BCUT2D eigenvalue weighted by Gasteiger charge is 2.23. The van der Waals surface area contributed by atoms with Gasteiger partial charge in [-0.15, -0.1) is 0 Å². The van der Waals surface area contributed by atoms with Crippen LogP contribution in [-0.2, 0) is 6.42 Å². The molecule has 2 aromatic carbocycles. The lowest BCUT2D eigenvalue weighted by atomic mass is 9.83. The average Bonchev–Trinajstić information content (AvgIpc) is 2.38. The number of hydrogen-bond donors (Lipinski definition) is 1. The van der Waals surface area contributed by atoms with Gasteiger partial charge in [0.15, 0.2) is 0 Å². The van der Waals surface area contributed by atoms with E-state index in [-0.39, 0.29) is 0 Å². The van der Waals surface area contributed by atoms with Crippen molar-refractivity contribution in [3.8, 4) is 0 Å². The Morgan fingerprint density at radius 3 is 2.79 bits per heavy atom. The van der Waals surface area contributed by atoms with Crippen molar-refractivity contribution in [2.24, 2.45) is 0 Å². The summed E-state index contributed by atoms with van der Waals surface area (Å²) in [6, 6.07) is 18.2. The Hall–Kier alpha value is -1.76. The highest BCUT2D eigenvalue weighted by Crippen LogP contribution is 2.36. The Kier molecular flexibility index (Phi) is 3.29. The van der Waals surface area contributed by atoms with Gasteiger partial charge in [0.1, 0.15) is 0 Å². The summed E-state index contributed by atoms with van der Waals surface area (Å²) in [4.78, 5) is 0. The van der Waals surface area contributed by atoms with Crippen LogP contribution in [0.3, 0.4) is 0 Å². The number of rotatable bonds is 2. The van der Waals surface area contributed by atoms with Crippen LogP contribution in [0.25, 0.3) is 0 Å². The Morgan fingerprint density at radius 2 is 1.95 bits per heavy atom. The van der Waals surface area contributed by atoms with Gasteiger partial charge in [0.25, 0.3) is 0 Å². The molecule has 1 aliphatic rings. The first kappa shape index (κ1) is 12.3. The van der Waals surface area contributed by atoms with Crippen molar-refractivity contribution in [2.45, 2.75) is 38.6 Å². The number of benzene rings is 2. The summed E-state index contributed by atoms with van der Waals surface area (Å²) in [7, 11) is 0. The summed E-state index contributed by atoms with van der Waals surface area (Å²) >= 11 is 0. The van der Waals surface area contributed by atoms with Crippen LogP contribution in [0.5, 0.6) is 0 Å². The second-order valence-corrected chi connectivity index (χ2v) is 5.76. The van der Waals surface area contributed by atoms with Crippen LogP contribution >= 0.6 is 0 Å². The van der Waals surface area contributed by atoms with Crippen molar-refractivity contribution >= 4 is 5.69 Å². The number of aryl methyl sites for hydroxylation is 1. The first-order valence-corrected chi connectivity index (χ1v) is 7.13. The third-order valence-electron chi connectivity index (χ3n) is 4.01. The van der Waals surface area contributed by atoms with Gasteiger partial charge in [-0.05, 0) is 49.8 Å².